The summed E-state index contributed by atoms with van der Waals surface area (Å²) in [7, 11) is 0. The van der Waals surface area contributed by atoms with Crippen molar-refractivity contribution in [1.82, 2.24) is 10.7 Å². The van der Waals surface area contributed by atoms with Gasteiger partial charge in [-0.1, -0.05) is 49.2 Å². The van der Waals surface area contributed by atoms with Crippen LogP contribution in [0.15, 0.2) is 64.1 Å². The Morgan fingerprint density at radius 1 is 0.973 bits per heavy atom. The second-order valence-corrected chi connectivity index (χ2v) is 9.63. The lowest BCUT2D eigenvalue weighted by molar-refractivity contribution is -0.123. The maximum Gasteiger partial charge on any atom is 0.338 e. The topological polar surface area (TPSA) is 110 Å². The van der Waals surface area contributed by atoms with E-state index in [9.17, 15) is 14.4 Å². The van der Waals surface area contributed by atoms with Crippen LogP contribution in [0.4, 0.5) is 0 Å². The third-order valence-electron chi connectivity index (χ3n) is 5.15. The van der Waals surface area contributed by atoms with E-state index < -0.39 is 23.8 Å². The lowest BCUT2D eigenvalue weighted by Crippen LogP contribution is -2.48. The van der Waals surface area contributed by atoms with Crippen molar-refractivity contribution in [2.24, 2.45) is 11.0 Å². The van der Waals surface area contributed by atoms with Gasteiger partial charge in [0.25, 0.3) is 11.8 Å². The third kappa shape index (κ3) is 7.68. The predicted octanol–water partition coefficient (Wildman–Crippen LogP) is 5.72. The van der Waals surface area contributed by atoms with Crippen LogP contribution in [-0.4, -0.2) is 36.1 Å². The maximum atomic E-state index is 12.7. The summed E-state index contributed by atoms with van der Waals surface area (Å²) in [5.41, 5.74) is 3.84. The van der Waals surface area contributed by atoms with E-state index >= 15 is 0 Å². The lowest BCUT2D eigenvalue weighted by Gasteiger charge is -2.20. The van der Waals surface area contributed by atoms with E-state index in [0.29, 0.717) is 22.1 Å². The van der Waals surface area contributed by atoms with Crippen LogP contribution in [0.5, 0.6) is 0 Å². The highest BCUT2D eigenvalue weighted by molar-refractivity contribution is 6.36. The van der Waals surface area contributed by atoms with Crippen LogP contribution in [0, 0.1) is 5.92 Å². The molecule has 0 saturated heterocycles. The summed E-state index contributed by atoms with van der Waals surface area (Å²) in [6, 6.07) is 13.9. The van der Waals surface area contributed by atoms with Crippen molar-refractivity contribution in [3.05, 3.63) is 81.5 Å². The van der Waals surface area contributed by atoms with E-state index in [-0.39, 0.29) is 22.6 Å². The molecule has 0 saturated carbocycles. The number of nitrogens with one attached hydrogen (secondary N) is 2. The van der Waals surface area contributed by atoms with Gasteiger partial charge in [0.1, 0.15) is 17.6 Å². The molecule has 8 nitrogen and oxygen atoms in total. The minimum Gasteiger partial charge on any atom is -0.459 e. The average Bonchev–Trinajstić information content (AvgIpc) is 3.30. The summed E-state index contributed by atoms with van der Waals surface area (Å²) in [4.78, 5) is 37.3. The highest BCUT2D eigenvalue weighted by atomic mass is 35.5. The van der Waals surface area contributed by atoms with Gasteiger partial charge in [-0.25, -0.2) is 10.2 Å². The van der Waals surface area contributed by atoms with E-state index in [1.54, 1.807) is 70.2 Å². The zero-order chi connectivity index (χ0) is 27.1. The Labute approximate surface area is 225 Å². The Bertz CT molecular complexity index is 1300. The lowest BCUT2D eigenvalue weighted by atomic mass is 10.0. The molecule has 0 aliphatic carbocycles. The molecule has 3 aromatic rings. The molecule has 0 bridgehead atoms. The minimum absolute atomic E-state index is 0.185. The van der Waals surface area contributed by atoms with Gasteiger partial charge in [0.15, 0.2) is 0 Å². The molecule has 0 aliphatic heterocycles. The van der Waals surface area contributed by atoms with Crippen LogP contribution >= 0.6 is 23.2 Å². The number of furan rings is 1. The fourth-order valence-electron chi connectivity index (χ4n) is 3.29. The van der Waals surface area contributed by atoms with Gasteiger partial charge >= 0.3 is 5.97 Å². The van der Waals surface area contributed by atoms with Crippen LogP contribution in [0.2, 0.25) is 10.0 Å². The number of hydrazone groups is 1. The number of ether oxygens (including phenoxy) is 1. The van der Waals surface area contributed by atoms with Gasteiger partial charge in [-0.3, -0.25) is 9.59 Å². The first-order chi connectivity index (χ1) is 17.5. The van der Waals surface area contributed by atoms with Crippen LogP contribution in [-0.2, 0) is 9.53 Å². The highest BCUT2D eigenvalue weighted by Gasteiger charge is 2.25. The van der Waals surface area contributed by atoms with Crippen LogP contribution in [0.1, 0.15) is 54.2 Å². The van der Waals surface area contributed by atoms with Gasteiger partial charge in [-0.2, -0.15) is 5.10 Å². The summed E-state index contributed by atoms with van der Waals surface area (Å²) in [5, 5.41) is 7.22. The first kappa shape index (κ1) is 28.0. The summed E-state index contributed by atoms with van der Waals surface area (Å²) in [5.74, 6) is -0.655. The smallest absolute Gasteiger partial charge is 0.338 e. The number of carbonyl (C=O) groups is 3. The molecular formula is C27H27Cl2N3O5. The molecule has 0 aliphatic rings. The second-order valence-electron chi connectivity index (χ2n) is 8.79. The second kappa shape index (κ2) is 12.6. The Hall–Kier alpha value is -3.62. The molecule has 1 heterocycles. The molecule has 0 radical (unpaired) electrons. The first-order valence-electron chi connectivity index (χ1n) is 11.5. The normalized spacial score (nSPS) is 12.1. The van der Waals surface area contributed by atoms with Gasteiger partial charge in [-0.05, 0) is 62.2 Å². The molecule has 1 atom stereocenters. The molecule has 37 heavy (non-hydrogen) atoms. The van der Waals surface area contributed by atoms with Crippen molar-refractivity contribution in [3.63, 3.8) is 0 Å². The van der Waals surface area contributed by atoms with Gasteiger partial charge in [0.2, 0.25) is 0 Å². The number of esters is 1. The van der Waals surface area contributed by atoms with Crippen molar-refractivity contribution in [3.8, 4) is 11.3 Å². The number of halogens is 2. The first-order valence-corrected chi connectivity index (χ1v) is 12.3. The SMILES string of the molecule is CC(C)OC(=O)c1ccc(-c2ccc(C=NNC(=O)C(NC(=O)c3ccc(Cl)cc3Cl)C(C)C)o2)cc1. The molecule has 1 aromatic heterocycles. The van der Waals surface area contributed by atoms with E-state index in [2.05, 4.69) is 15.8 Å². The molecule has 2 amide bonds. The Balaban J connectivity index is 1.61. The Morgan fingerprint density at radius 2 is 1.68 bits per heavy atom. The van der Waals surface area contributed by atoms with Crippen molar-refractivity contribution in [2.75, 3.05) is 0 Å². The van der Waals surface area contributed by atoms with Crippen molar-refractivity contribution >= 4 is 47.2 Å². The van der Waals surface area contributed by atoms with Gasteiger partial charge < -0.3 is 14.5 Å². The van der Waals surface area contributed by atoms with E-state index in [1.807, 2.05) is 0 Å². The molecule has 1 unspecified atom stereocenters. The number of nitrogens with zero attached hydrogens (tertiary/aromatic N) is 1. The number of carbonyl (C=O) groups excluding carboxylic acids is 3. The van der Waals surface area contributed by atoms with Gasteiger partial charge in [0, 0.05) is 10.6 Å². The zero-order valence-corrected chi connectivity index (χ0v) is 22.3. The molecular weight excluding hydrogens is 517 g/mol. The fraction of sp³-hybridized carbons (Fsp3) is 0.259. The standard InChI is InChI=1S/C27H27Cl2N3O5/c1-15(2)24(31-25(33)21-11-9-19(28)13-22(21)29)26(34)32-30-14-20-10-12-23(37-20)17-5-7-18(8-6-17)27(35)36-16(3)4/h5-16,24H,1-4H3,(H,31,33)(H,32,34). The van der Waals surface area contributed by atoms with Crippen LogP contribution in [0.25, 0.3) is 11.3 Å². The molecule has 2 aromatic carbocycles. The largest absolute Gasteiger partial charge is 0.459 e. The minimum atomic E-state index is -0.857. The van der Waals surface area contributed by atoms with Crippen LogP contribution in [0.3, 0.4) is 0 Å². The summed E-state index contributed by atoms with van der Waals surface area (Å²) >= 11 is 12.0. The van der Waals surface area contributed by atoms with Crippen LogP contribution < -0.4 is 10.7 Å². The quantitative estimate of drug-likeness (QED) is 0.203. The maximum absolute atomic E-state index is 12.7. The zero-order valence-electron chi connectivity index (χ0n) is 20.7. The van der Waals surface area contributed by atoms with E-state index in [1.165, 1.54) is 18.3 Å². The number of benzene rings is 2. The molecule has 0 spiro atoms. The molecule has 194 valence electrons. The fourth-order valence-corrected chi connectivity index (χ4v) is 3.78. The summed E-state index contributed by atoms with van der Waals surface area (Å²) in [6.07, 6.45) is 1.15. The number of hydrogen-bond acceptors (Lipinski definition) is 6. The monoisotopic (exact) mass is 543 g/mol. The third-order valence-corrected chi connectivity index (χ3v) is 5.70. The van der Waals surface area contributed by atoms with Gasteiger partial charge in [0.05, 0.1) is 28.5 Å². The number of rotatable bonds is 9. The van der Waals surface area contributed by atoms with Gasteiger partial charge in [-0.15, -0.1) is 0 Å². The predicted molar refractivity (Wildman–Crippen MR) is 143 cm³/mol. The van der Waals surface area contributed by atoms with Crippen molar-refractivity contribution in [2.45, 2.75) is 39.8 Å². The molecule has 10 heteroatoms. The van der Waals surface area contributed by atoms with Crippen molar-refractivity contribution in [1.29, 1.82) is 0 Å². The highest BCUT2D eigenvalue weighted by Crippen LogP contribution is 2.23. The van der Waals surface area contributed by atoms with Crippen molar-refractivity contribution < 1.29 is 23.5 Å². The number of amides is 2. The Kier molecular flexibility index (Phi) is 9.49. The van der Waals surface area contributed by atoms with E-state index in [4.69, 9.17) is 32.4 Å². The summed E-state index contributed by atoms with van der Waals surface area (Å²) < 4.78 is 10.9. The molecule has 0 fully saturated rings. The molecule has 2 N–H and O–H groups in total. The van der Waals surface area contributed by atoms with E-state index in [0.717, 1.165) is 5.56 Å². The number of hydrogen-bond donors (Lipinski definition) is 2. The summed E-state index contributed by atoms with van der Waals surface area (Å²) in [6.45, 7) is 7.17. The Morgan fingerprint density at radius 3 is 2.30 bits per heavy atom. The molecule has 3 rings (SSSR count). The average molecular weight is 544 g/mol.